The average Bonchev–Trinajstić information content (AvgIpc) is 2.57. The second kappa shape index (κ2) is 4.06. The molecule has 0 amide bonds. The van der Waals surface area contributed by atoms with Crippen molar-refractivity contribution >= 4 is 11.7 Å². The van der Waals surface area contributed by atoms with Gasteiger partial charge in [0, 0.05) is 11.7 Å². The second-order valence-electron chi connectivity index (χ2n) is 5.60. The molecule has 92 valence electrons. The molecule has 1 aliphatic heterocycles. The largest absolute Gasteiger partial charge is 0.481 e. The molecule has 0 aliphatic carbocycles. The number of carboxylic acids is 1. The Morgan fingerprint density at radius 1 is 1.53 bits per heavy atom. The van der Waals surface area contributed by atoms with Gasteiger partial charge < -0.3 is 10.4 Å². The van der Waals surface area contributed by atoms with Gasteiger partial charge in [-0.25, -0.2) is 0 Å². The van der Waals surface area contributed by atoms with Gasteiger partial charge in [0.05, 0.1) is 5.41 Å². The van der Waals surface area contributed by atoms with E-state index < -0.39 is 11.4 Å². The zero-order chi connectivity index (χ0) is 12.6. The third kappa shape index (κ3) is 2.43. The Morgan fingerprint density at radius 2 is 2.24 bits per heavy atom. The molecule has 1 aliphatic rings. The summed E-state index contributed by atoms with van der Waals surface area (Å²) < 4.78 is 0. The number of anilines is 1. The normalized spacial score (nSPS) is 18.6. The summed E-state index contributed by atoms with van der Waals surface area (Å²) in [5, 5.41) is 12.5. The van der Waals surface area contributed by atoms with Crippen molar-refractivity contribution in [1.29, 1.82) is 0 Å². The predicted molar refractivity (Wildman–Crippen MR) is 68.3 cm³/mol. The third-order valence-corrected chi connectivity index (χ3v) is 3.42. The topological polar surface area (TPSA) is 49.3 Å². The van der Waals surface area contributed by atoms with Crippen molar-refractivity contribution in [3.05, 3.63) is 29.3 Å². The molecular weight excluding hydrogens is 214 g/mol. The number of nitrogens with one attached hydrogen (secondary N) is 1. The van der Waals surface area contributed by atoms with Gasteiger partial charge in [-0.15, -0.1) is 0 Å². The fourth-order valence-electron chi connectivity index (χ4n) is 2.40. The number of benzene rings is 1. The third-order valence-electron chi connectivity index (χ3n) is 3.42. The number of hydrogen-bond acceptors (Lipinski definition) is 2. The van der Waals surface area contributed by atoms with Crippen LogP contribution in [-0.4, -0.2) is 17.1 Å². The van der Waals surface area contributed by atoms with E-state index in [1.165, 1.54) is 11.1 Å². The van der Waals surface area contributed by atoms with Crippen molar-refractivity contribution in [2.45, 2.75) is 39.7 Å². The number of carbonyl (C=O) groups is 1. The standard InChI is InChI=1S/C14H19NO2/c1-9-4-5-12-10(6-9)7-11(15-12)8-14(2,3)13(16)17/h4-6,11,15H,7-8H2,1-3H3,(H,16,17). The van der Waals surface area contributed by atoms with Gasteiger partial charge in [0.1, 0.15) is 0 Å². The van der Waals surface area contributed by atoms with Crippen molar-refractivity contribution < 1.29 is 9.90 Å². The molecule has 17 heavy (non-hydrogen) atoms. The molecule has 2 rings (SSSR count). The number of fused-ring (bicyclic) bond motifs is 1. The maximum Gasteiger partial charge on any atom is 0.309 e. The summed E-state index contributed by atoms with van der Waals surface area (Å²) in [7, 11) is 0. The number of rotatable bonds is 3. The fourth-order valence-corrected chi connectivity index (χ4v) is 2.40. The van der Waals surface area contributed by atoms with Crippen molar-refractivity contribution in [2.24, 2.45) is 5.41 Å². The summed E-state index contributed by atoms with van der Waals surface area (Å²) in [6.07, 6.45) is 1.57. The molecule has 3 heteroatoms. The monoisotopic (exact) mass is 233 g/mol. The van der Waals surface area contributed by atoms with E-state index in [0.717, 1.165) is 12.1 Å². The van der Waals surface area contributed by atoms with Gasteiger partial charge in [-0.05, 0) is 45.2 Å². The first-order chi connectivity index (χ1) is 7.88. The van der Waals surface area contributed by atoms with Crippen molar-refractivity contribution in [2.75, 3.05) is 5.32 Å². The van der Waals surface area contributed by atoms with E-state index in [9.17, 15) is 4.79 Å². The first-order valence-corrected chi connectivity index (χ1v) is 5.98. The summed E-state index contributed by atoms with van der Waals surface area (Å²) in [4.78, 5) is 11.1. The zero-order valence-corrected chi connectivity index (χ0v) is 10.6. The van der Waals surface area contributed by atoms with Crippen molar-refractivity contribution in [1.82, 2.24) is 0 Å². The van der Waals surface area contributed by atoms with Crippen LogP contribution >= 0.6 is 0 Å². The van der Waals surface area contributed by atoms with Crippen LogP contribution in [0.15, 0.2) is 18.2 Å². The Morgan fingerprint density at radius 3 is 2.88 bits per heavy atom. The van der Waals surface area contributed by atoms with Gasteiger partial charge in [-0.2, -0.15) is 0 Å². The van der Waals surface area contributed by atoms with Crippen LogP contribution in [0.2, 0.25) is 0 Å². The Labute approximate surface area is 102 Å². The lowest BCUT2D eigenvalue weighted by Gasteiger charge is -2.23. The molecule has 3 nitrogen and oxygen atoms in total. The Hall–Kier alpha value is -1.51. The number of aliphatic carboxylic acids is 1. The van der Waals surface area contributed by atoms with Gasteiger partial charge in [0.15, 0.2) is 0 Å². The van der Waals surface area contributed by atoms with Gasteiger partial charge in [0.2, 0.25) is 0 Å². The van der Waals surface area contributed by atoms with Gasteiger partial charge >= 0.3 is 5.97 Å². The lowest BCUT2D eigenvalue weighted by atomic mass is 9.85. The molecule has 0 saturated carbocycles. The minimum atomic E-state index is -0.730. The quantitative estimate of drug-likeness (QED) is 0.844. The van der Waals surface area contributed by atoms with E-state index in [2.05, 4.69) is 30.4 Å². The summed E-state index contributed by atoms with van der Waals surface area (Å²) in [5.41, 5.74) is 3.04. The smallest absolute Gasteiger partial charge is 0.309 e. The number of aryl methyl sites for hydroxylation is 1. The molecule has 1 aromatic rings. The number of hydrogen-bond donors (Lipinski definition) is 2. The molecule has 0 saturated heterocycles. The van der Waals surface area contributed by atoms with Crippen LogP contribution in [0.4, 0.5) is 5.69 Å². The van der Waals surface area contributed by atoms with Gasteiger partial charge in [0.25, 0.3) is 0 Å². The molecular formula is C14H19NO2. The Kier molecular flexibility index (Phi) is 2.86. The molecule has 1 unspecified atom stereocenters. The van der Waals surface area contributed by atoms with E-state index in [1.54, 1.807) is 13.8 Å². The molecule has 0 spiro atoms. The highest BCUT2D eigenvalue weighted by Crippen LogP contribution is 2.32. The van der Waals surface area contributed by atoms with E-state index >= 15 is 0 Å². The van der Waals surface area contributed by atoms with Gasteiger partial charge in [-0.3, -0.25) is 4.79 Å². The summed E-state index contributed by atoms with van der Waals surface area (Å²) in [6.45, 7) is 5.64. The van der Waals surface area contributed by atoms with Crippen molar-refractivity contribution in [3.8, 4) is 0 Å². The summed E-state index contributed by atoms with van der Waals surface area (Å²) >= 11 is 0. The summed E-state index contributed by atoms with van der Waals surface area (Å²) in [6, 6.07) is 6.57. The average molecular weight is 233 g/mol. The lowest BCUT2D eigenvalue weighted by Crippen LogP contribution is -2.31. The van der Waals surface area contributed by atoms with Crippen LogP contribution in [0.1, 0.15) is 31.4 Å². The second-order valence-corrected chi connectivity index (χ2v) is 5.60. The summed E-state index contributed by atoms with van der Waals surface area (Å²) in [5.74, 6) is -0.730. The van der Waals surface area contributed by atoms with Crippen LogP contribution in [0.5, 0.6) is 0 Å². The van der Waals surface area contributed by atoms with E-state index in [4.69, 9.17) is 5.11 Å². The maximum atomic E-state index is 11.1. The van der Waals surface area contributed by atoms with Crippen LogP contribution < -0.4 is 5.32 Å². The minimum absolute atomic E-state index is 0.234. The molecule has 1 atom stereocenters. The van der Waals surface area contributed by atoms with Crippen LogP contribution in [-0.2, 0) is 11.2 Å². The maximum absolute atomic E-state index is 11.1. The SMILES string of the molecule is Cc1ccc2c(c1)CC(CC(C)(C)C(=O)O)N2. The molecule has 0 radical (unpaired) electrons. The lowest BCUT2D eigenvalue weighted by molar-refractivity contribution is -0.147. The molecule has 2 N–H and O–H groups in total. The molecule has 0 aromatic heterocycles. The minimum Gasteiger partial charge on any atom is -0.481 e. The molecule has 1 aromatic carbocycles. The van der Waals surface area contributed by atoms with E-state index in [0.29, 0.717) is 6.42 Å². The van der Waals surface area contributed by atoms with Crippen LogP contribution in [0.3, 0.4) is 0 Å². The highest BCUT2D eigenvalue weighted by Gasteiger charge is 2.33. The van der Waals surface area contributed by atoms with Gasteiger partial charge in [-0.1, -0.05) is 17.7 Å². The van der Waals surface area contributed by atoms with Crippen LogP contribution in [0.25, 0.3) is 0 Å². The Balaban J connectivity index is 2.08. The van der Waals surface area contributed by atoms with Crippen LogP contribution in [0, 0.1) is 12.3 Å². The predicted octanol–water partition coefficient (Wildman–Crippen LogP) is 2.83. The molecule has 0 bridgehead atoms. The first-order valence-electron chi connectivity index (χ1n) is 5.98. The fraction of sp³-hybridized carbons (Fsp3) is 0.500. The highest BCUT2D eigenvalue weighted by molar-refractivity contribution is 5.74. The Bertz CT molecular complexity index is 452. The first kappa shape index (κ1) is 12.0. The number of carboxylic acid groups (broad SMARTS) is 1. The highest BCUT2D eigenvalue weighted by atomic mass is 16.4. The van der Waals surface area contributed by atoms with Crippen molar-refractivity contribution in [3.63, 3.8) is 0 Å². The zero-order valence-electron chi connectivity index (χ0n) is 10.6. The van der Waals surface area contributed by atoms with E-state index in [1.807, 2.05) is 0 Å². The molecule has 0 fully saturated rings. The molecule has 1 heterocycles. The van der Waals surface area contributed by atoms with E-state index in [-0.39, 0.29) is 6.04 Å².